The van der Waals surface area contributed by atoms with Crippen LogP contribution in [0.15, 0.2) is 59.1 Å². The van der Waals surface area contributed by atoms with Crippen molar-refractivity contribution >= 4 is 38.4 Å². The van der Waals surface area contributed by atoms with Crippen LogP contribution in [0, 0.1) is 6.92 Å². The number of para-hydroxylation sites is 2. The van der Waals surface area contributed by atoms with Gasteiger partial charge in [0.25, 0.3) is 5.91 Å². The molecule has 0 radical (unpaired) electrons. The van der Waals surface area contributed by atoms with E-state index in [2.05, 4.69) is 26.2 Å². The maximum absolute atomic E-state index is 12.5. The number of ether oxygens (including phenoxy) is 1. The Labute approximate surface area is 149 Å². The SMILES string of the molecule is Cc1cc(NC(=O)C(C)Oc2ccccc2Br)c2ccccc2n1. The maximum Gasteiger partial charge on any atom is 0.265 e. The van der Waals surface area contributed by atoms with Crippen LogP contribution in [0.3, 0.4) is 0 Å². The highest BCUT2D eigenvalue weighted by Gasteiger charge is 2.17. The minimum atomic E-state index is -0.629. The zero-order chi connectivity index (χ0) is 17.1. The van der Waals surface area contributed by atoms with E-state index in [-0.39, 0.29) is 5.91 Å². The fourth-order valence-corrected chi connectivity index (χ4v) is 2.81. The number of pyridine rings is 1. The molecule has 3 aromatic rings. The van der Waals surface area contributed by atoms with Gasteiger partial charge in [-0.15, -0.1) is 0 Å². The largest absolute Gasteiger partial charge is 0.480 e. The number of rotatable bonds is 4. The van der Waals surface area contributed by atoms with Crippen LogP contribution in [0.4, 0.5) is 5.69 Å². The molecule has 24 heavy (non-hydrogen) atoms. The summed E-state index contributed by atoms with van der Waals surface area (Å²) in [4.78, 5) is 17.0. The maximum atomic E-state index is 12.5. The van der Waals surface area contributed by atoms with Crippen LogP contribution in [0.5, 0.6) is 5.75 Å². The molecule has 0 aliphatic carbocycles. The monoisotopic (exact) mass is 384 g/mol. The van der Waals surface area contributed by atoms with Gasteiger partial charge in [0.05, 0.1) is 15.7 Å². The van der Waals surface area contributed by atoms with Gasteiger partial charge in [0.15, 0.2) is 6.10 Å². The normalized spacial score (nSPS) is 12.0. The number of aromatic nitrogens is 1. The summed E-state index contributed by atoms with van der Waals surface area (Å²) in [6, 6.07) is 17.0. The van der Waals surface area contributed by atoms with E-state index >= 15 is 0 Å². The number of anilines is 1. The molecule has 122 valence electrons. The quantitative estimate of drug-likeness (QED) is 0.708. The number of hydrogen-bond donors (Lipinski definition) is 1. The molecule has 1 heterocycles. The van der Waals surface area contributed by atoms with Crippen molar-refractivity contribution in [3.8, 4) is 5.75 Å². The van der Waals surface area contributed by atoms with Crippen molar-refractivity contribution in [2.75, 3.05) is 5.32 Å². The number of benzene rings is 2. The van der Waals surface area contributed by atoms with Crippen molar-refractivity contribution < 1.29 is 9.53 Å². The summed E-state index contributed by atoms with van der Waals surface area (Å²) >= 11 is 3.42. The van der Waals surface area contributed by atoms with Crippen LogP contribution >= 0.6 is 15.9 Å². The number of hydrogen-bond acceptors (Lipinski definition) is 3. The third-order valence-corrected chi connectivity index (χ3v) is 4.27. The number of halogens is 1. The third-order valence-electron chi connectivity index (χ3n) is 3.61. The summed E-state index contributed by atoms with van der Waals surface area (Å²) in [7, 11) is 0. The standard InChI is InChI=1S/C19H17BrN2O2/c1-12-11-17(14-7-3-5-9-16(14)21-12)22-19(23)13(2)24-18-10-6-4-8-15(18)20/h3-11,13H,1-2H3,(H,21,22,23). The zero-order valence-electron chi connectivity index (χ0n) is 13.4. The van der Waals surface area contributed by atoms with Gasteiger partial charge in [-0.2, -0.15) is 0 Å². The van der Waals surface area contributed by atoms with Gasteiger partial charge in [-0.3, -0.25) is 9.78 Å². The average Bonchev–Trinajstić information content (AvgIpc) is 2.56. The molecule has 0 bridgehead atoms. The molecule has 3 rings (SSSR count). The lowest BCUT2D eigenvalue weighted by Gasteiger charge is -2.16. The van der Waals surface area contributed by atoms with E-state index < -0.39 is 6.10 Å². The number of carbonyl (C=O) groups is 1. The van der Waals surface area contributed by atoms with Gasteiger partial charge in [-0.05, 0) is 54.0 Å². The molecule has 1 N–H and O–H groups in total. The predicted molar refractivity (Wildman–Crippen MR) is 99.3 cm³/mol. The smallest absolute Gasteiger partial charge is 0.265 e. The second-order valence-electron chi connectivity index (χ2n) is 5.51. The summed E-state index contributed by atoms with van der Waals surface area (Å²) in [5.41, 5.74) is 2.45. The topological polar surface area (TPSA) is 51.2 Å². The molecule has 0 saturated carbocycles. The summed E-state index contributed by atoms with van der Waals surface area (Å²) in [6.45, 7) is 3.63. The van der Waals surface area contributed by atoms with E-state index in [1.54, 1.807) is 6.92 Å². The fraction of sp³-hybridized carbons (Fsp3) is 0.158. The predicted octanol–water partition coefficient (Wildman–Crippen LogP) is 4.71. The van der Waals surface area contributed by atoms with Gasteiger partial charge in [0.1, 0.15) is 5.75 Å². The van der Waals surface area contributed by atoms with Crippen molar-refractivity contribution in [1.82, 2.24) is 4.98 Å². The minimum absolute atomic E-state index is 0.207. The molecule has 1 unspecified atom stereocenters. The number of nitrogens with one attached hydrogen (secondary N) is 1. The summed E-state index contributed by atoms with van der Waals surface area (Å²) < 4.78 is 6.56. The Bertz CT molecular complexity index is 895. The molecule has 0 aliphatic rings. The number of fused-ring (bicyclic) bond motifs is 1. The molecule has 1 aromatic heterocycles. The van der Waals surface area contributed by atoms with E-state index in [4.69, 9.17) is 4.74 Å². The van der Waals surface area contributed by atoms with Crippen molar-refractivity contribution in [2.45, 2.75) is 20.0 Å². The first-order valence-corrected chi connectivity index (χ1v) is 8.42. The molecule has 0 saturated heterocycles. The second kappa shape index (κ2) is 7.01. The summed E-state index contributed by atoms with van der Waals surface area (Å²) in [5.74, 6) is 0.428. The van der Waals surface area contributed by atoms with Crippen molar-refractivity contribution in [3.05, 3.63) is 64.8 Å². The Kier molecular flexibility index (Phi) is 4.81. The third kappa shape index (κ3) is 3.57. The van der Waals surface area contributed by atoms with Crippen molar-refractivity contribution in [1.29, 1.82) is 0 Å². The Hall–Kier alpha value is -2.40. The van der Waals surface area contributed by atoms with Crippen molar-refractivity contribution in [3.63, 3.8) is 0 Å². The van der Waals surface area contributed by atoms with Crippen LogP contribution in [0.2, 0.25) is 0 Å². The Morgan fingerprint density at radius 1 is 1.17 bits per heavy atom. The molecule has 2 aromatic carbocycles. The highest BCUT2D eigenvalue weighted by Crippen LogP contribution is 2.26. The molecule has 0 aliphatic heterocycles. The summed E-state index contributed by atoms with van der Waals surface area (Å²) in [6.07, 6.45) is -0.629. The van der Waals surface area contributed by atoms with E-state index in [1.165, 1.54) is 0 Å². The van der Waals surface area contributed by atoms with Gasteiger partial charge < -0.3 is 10.1 Å². The first-order valence-electron chi connectivity index (χ1n) is 7.63. The highest BCUT2D eigenvalue weighted by molar-refractivity contribution is 9.10. The van der Waals surface area contributed by atoms with Gasteiger partial charge in [0.2, 0.25) is 0 Å². The lowest BCUT2D eigenvalue weighted by molar-refractivity contribution is -0.122. The van der Waals surface area contributed by atoms with Gasteiger partial charge >= 0.3 is 0 Å². The molecule has 4 nitrogen and oxygen atoms in total. The Morgan fingerprint density at radius 2 is 1.88 bits per heavy atom. The van der Waals surface area contributed by atoms with Gasteiger partial charge in [-0.1, -0.05) is 30.3 Å². The Balaban J connectivity index is 1.81. The van der Waals surface area contributed by atoms with Crippen LogP contribution in [0.1, 0.15) is 12.6 Å². The van der Waals surface area contributed by atoms with Crippen LogP contribution < -0.4 is 10.1 Å². The molecular weight excluding hydrogens is 368 g/mol. The fourth-order valence-electron chi connectivity index (χ4n) is 2.43. The minimum Gasteiger partial charge on any atom is -0.480 e. The molecule has 0 fully saturated rings. The number of amides is 1. The van der Waals surface area contributed by atoms with Gasteiger partial charge in [0, 0.05) is 11.1 Å². The van der Waals surface area contributed by atoms with E-state index in [0.29, 0.717) is 5.75 Å². The first kappa shape index (κ1) is 16.5. The number of carbonyl (C=O) groups excluding carboxylic acids is 1. The average molecular weight is 385 g/mol. The molecule has 1 amide bonds. The van der Waals surface area contributed by atoms with E-state index in [9.17, 15) is 4.79 Å². The number of nitrogens with zero attached hydrogens (tertiary/aromatic N) is 1. The molecule has 1 atom stereocenters. The molecular formula is C19H17BrN2O2. The zero-order valence-corrected chi connectivity index (χ0v) is 15.0. The van der Waals surface area contributed by atoms with Crippen LogP contribution in [-0.4, -0.2) is 17.0 Å². The summed E-state index contributed by atoms with van der Waals surface area (Å²) in [5, 5.41) is 3.85. The highest BCUT2D eigenvalue weighted by atomic mass is 79.9. The van der Waals surface area contributed by atoms with E-state index in [1.807, 2.05) is 61.5 Å². The lowest BCUT2D eigenvalue weighted by Crippen LogP contribution is -2.30. The Morgan fingerprint density at radius 3 is 2.67 bits per heavy atom. The number of aryl methyl sites for hydroxylation is 1. The second-order valence-corrected chi connectivity index (χ2v) is 6.36. The van der Waals surface area contributed by atoms with Gasteiger partial charge in [-0.25, -0.2) is 0 Å². The van der Waals surface area contributed by atoms with Crippen molar-refractivity contribution in [2.24, 2.45) is 0 Å². The first-order chi connectivity index (χ1) is 11.5. The lowest BCUT2D eigenvalue weighted by atomic mass is 10.1. The van der Waals surface area contributed by atoms with E-state index in [0.717, 1.165) is 26.8 Å². The molecule has 5 heteroatoms. The van der Waals surface area contributed by atoms with Crippen LogP contribution in [0.25, 0.3) is 10.9 Å². The molecule has 0 spiro atoms. The van der Waals surface area contributed by atoms with Crippen LogP contribution in [-0.2, 0) is 4.79 Å².